The van der Waals surface area contributed by atoms with Crippen molar-refractivity contribution in [2.24, 2.45) is 5.10 Å². The summed E-state index contributed by atoms with van der Waals surface area (Å²) < 4.78 is 32.3. The smallest absolute Gasteiger partial charge is 0.282 e. The van der Waals surface area contributed by atoms with E-state index in [0.29, 0.717) is 22.3 Å². The van der Waals surface area contributed by atoms with Gasteiger partial charge in [0, 0.05) is 5.56 Å². The first kappa shape index (κ1) is 33.2. The minimum atomic E-state index is -0.579. The summed E-state index contributed by atoms with van der Waals surface area (Å²) >= 11 is 6.60. The molecule has 0 radical (unpaired) electrons. The van der Waals surface area contributed by atoms with Gasteiger partial charge in [-0.3, -0.25) is 9.59 Å². The van der Waals surface area contributed by atoms with Gasteiger partial charge < -0.3 is 19.5 Å². The number of ether oxygens (including phenoxy) is 3. The molecule has 0 bridgehead atoms. The second-order valence-corrected chi connectivity index (χ2v) is 11.4. The summed E-state index contributed by atoms with van der Waals surface area (Å²) in [7, 11) is 1.63. The average molecular weight is 657 g/mol. The number of aromatic nitrogens is 2. The van der Waals surface area contributed by atoms with Crippen molar-refractivity contribution in [3.63, 3.8) is 0 Å². The number of para-hydroxylation sites is 2. The molecule has 5 rings (SSSR count). The average Bonchev–Trinajstić information content (AvgIpc) is 3.04. The summed E-state index contributed by atoms with van der Waals surface area (Å²) in [5.74, 6) is 0.521. The van der Waals surface area contributed by atoms with E-state index in [4.69, 9.17) is 30.8 Å². The molecule has 0 fully saturated rings. The summed E-state index contributed by atoms with van der Waals surface area (Å²) in [5, 5.41) is 7.62. The zero-order chi connectivity index (χ0) is 33.7. The molecule has 0 atom stereocenters. The Morgan fingerprint density at radius 1 is 1.06 bits per heavy atom. The fraction of sp³-hybridized carbons (Fsp3) is 0.222. The van der Waals surface area contributed by atoms with E-state index < -0.39 is 18.3 Å². The molecule has 0 aliphatic rings. The molecule has 0 unspecified atom stereocenters. The van der Waals surface area contributed by atoms with Crippen molar-refractivity contribution in [2.45, 2.75) is 33.6 Å². The van der Waals surface area contributed by atoms with Gasteiger partial charge in [0.05, 0.1) is 41.5 Å². The van der Waals surface area contributed by atoms with Gasteiger partial charge >= 0.3 is 0 Å². The highest BCUT2D eigenvalue weighted by Crippen LogP contribution is 2.37. The molecular weight excluding hydrogens is 623 g/mol. The Morgan fingerprint density at radius 3 is 2.53 bits per heavy atom. The van der Waals surface area contributed by atoms with Crippen LogP contribution in [0.25, 0.3) is 22.3 Å². The summed E-state index contributed by atoms with van der Waals surface area (Å²) in [6.07, 6.45) is 1.48. The number of aryl methyl sites for hydroxylation is 1. The van der Waals surface area contributed by atoms with Gasteiger partial charge in [0.25, 0.3) is 11.5 Å². The number of halogens is 2. The van der Waals surface area contributed by atoms with Gasteiger partial charge in [-0.25, -0.2) is 9.37 Å². The number of rotatable bonds is 11. The van der Waals surface area contributed by atoms with Gasteiger partial charge in [-0.15, -0.1) is 0 Å². The first-order valence-electron chi connectivity index (χ1n) is 15.0. The number of benzene rings is 4. The van der Waals surface area contributed by atoms with Crippen molar-refractivity contribution in [2.75, 3.05) is 25.6 Å². The van der Waals surface area contributed by atoms with Gasteiger partial charge in [-0.05, 0) is 85.0 Å². The van der Waals surface area contributed by atoms with Crippen molar-refractivity contribution in [1.82, 2.24) is 9.66 Å². The summed E-state index contributed by atoms with van der Waals surface area (Å²) in [5.41, 5.74) is 3.30. The highest BCUT2D eigenvalue weighted by atomic mass is 35.5. The number of hydrogen-bond donors (Lipinski definition) is 1. The SMILES string of the molecule is CCOc1cc(C=Nn2c(-c3cc(C(C)C)c(OC)cc3C)nc3ccccc3c2=O)cc(Cl)c1OCC(=O)Nc1ccccc1F. The predicted octanol–water partition coefficient (Wildman–Crippen LogP) is 7.59. The fourth-order valence-electron chi connectivity index (χ4n) is 5.05. The Kier molecular flexibility index (Phi) is 10.2. The van der Waals surface area contributed by atoms with Crippen LogP contribution in [-0.2, 0) is 4.79 Å². The monoisotopic (exact) mass is 656 g/mol. The van der Waals surface area contributed by atoms with E-state index in [-0.39, 0.29) is 40.3 Å². The van der Waals surface area contributed by atoms with E-state index in [1.54, 1.807) is 50.4 Å². The number of methoxy groups -OCH3 is 1. The van der Waals surface area contributed by atoms with Crippen molar-refractivity contribution in [3.05, 3.63) is 111 Å². The summed E-state index contributed by atoms with van der Waals surface area (Å²) in [6.45, 7) is 7.70. The van der Waals surface area contributed by atoms with Crippen molar-refractivity contribution in [3.8, 4) is 28.6 Å². The van der Waals surface area contributed by atoms with E-state index >= 15 is 0 Å². The van der Waals surface area contributed by atoms with E-state index in [0.717, 1.165) is 22.4 Å². The highest BCUT2D eigenvalue weighted by Gasteiger charge is 2.19. The van der Waals surface area contributed by atoms with Crippen LogP contribution in [0.5, 0.6) is 17.2 Å². The van der Waals surface area contributed by atoms with Crippen molar-refractivity contribution in [1.29, 1.82) is 0 Å². The lowest BCUT2D eigenvalue weighted by Gasteiger charge is -2.17. The van der Waals surface area contributed by atoms with Gasteiger partial charge in [0.2, 0.25) is 0 Å². The molecule has 1 aromatic heterocycles. The van der Waals surface area contributed by atoms with E-state index in [1.165, 1.54) is 29.1 Å². The molecule has 1 N–H and O–H groups in total. The molecule has 47 heavy (non-hydrogen) atoms. The number of anilines is 1. The van der Waals surface area contributed by atoms with Gasteiger partial charge in [-0.1, -0.05) is 49.7 Å². The molecule has 1 amide bonds. The molecule has 5 aromatic rings. The van der Waals surface area contributed by atoms with Crippen LogP contribution in [0.1, 0.15) is 43.4 Å². The summed E-state index contributed by atoms with van der Waals surface area (Å²) in [6, 6.07) is 20.1. The Labute approximate surface area is 276 Å². The standard InChI is InChI=1S/C36H34ClFN4O5/c1-6-46-32-17-23(16-27(37)34(32)47-20-33(43)40-30-14-10-8-12-28(30)38)19-39-42-35(41-29-13-9-7-11-24(29)36(42)44)26-18-25(21(2)3)31(45-5)15-22(26)4/h7-19,21H,6,20H2,1-5H3,(H,40,43). The molecule has 9 nitrogen and oxygen atoms in total. The lowest BCUT2D eigenvalue weighted by atomic mass is 9.96. The third-order valence-corrected chi connectivity index (χ3v) is 7.62. The zero-order valence-corrected chi connectivity index (χ0v) is 27.4. The molecular formula is C36H34ClFN4O5. The maximum absolute atomic E-state index is 14.0. The fourth-order valence-corrected chi connectivity index (χ4v) is 5.32. The second kappa shape index (κ2) is 14.5. The first-order chi connectivity index (χ1) is 22.6. The molecule has 0 aliphatic carbocycles. The highest BCUT2D eigenvalue weighted by molar-refractivity contribution is 6.32. The number of carbonyl (C=O) groups is 1. The number of fused-ring (bicyclic) bond motifs is 1. The topological polar surface area (TPSA) is 104 Å². The molecule has 242 valence electrons. The molecule has 1 heterocycles. The largest absolute Gasteiger partial charge is 0.496 e. The number of hydrogen-bond acceptors (Lipinski definition) is 7. The number of amides is 1. The quantitative estimate of drug-likeness (QED) is 0.147. The zero-order valence-electron chi connectivity index (χ0n) is 26.6. The van der Waals surface area contributed by atoms with Crippen LogP contribution in [-0.4, -0.2) is 42.1 Å². The lowest BCUT2D eigenvalue weighted by molar-refractivity contribution is -0.118. The predicted molar refractivity (Wildman–Crippen MR) is 183 cm³/mol. The van der Waals surface area contributed by atoms with E-state index in [9.17, 15) is 14.0 Å². The van der Waals surface area contributed by atoms with Gasteiger partial charge in [0.1, 0.15) is 11.6 Å². The van der Waals surface area contributed by atoms with Crippen LogP contribution in [0.15, 0.2) is 82.7 Å². The lowest BCUT2D eigenvalue weighted by Crippen LogP contribution is -2.21. The molecule has 0 saturated carbocycles. The normalized spacial score (nSPS) is 11.3. The van der Waals surface area contributed by atoms with Crippen LogP contribution in [0, 0.1) is 12.7 Å². The number of nitrogens with one attached hydrogen (secondary N) is 1. The van der Waals surface area contributed by atoms with Gasteiger partial charge in [-0.2, -0.15) is 9.78 Å². The molecule has 0 spiro atoms. The molecule has 0 saturated heterocycles. The maximum atomic E-state index is 14.0. The summed E-state index contributed by atoms with van der Waals surface area (Å²) in [4.78, 5) is 31.2. The molecule has 4 aromatic carbocycles. The Bertz CT molecular complexity index is 2040. The van der Waals surface area contributed by atoms with Crippen LogP contribution in [0.3, 0.4) is 0 Å². The third kappa shape index (κ3) is 7.28. The second-order valence-electron chi connectivity index (χ2n) is 11.0. The minimum Gasteiger partial charge on any atom is -0.496 e. The number of carbonyl (C=O) groups excluding carboxylic acids is 1. The van der Waals surface area contributed by atoms with Crippen LogP contribution < -0.4 is 25.1 Å². The molecule has 0 aliphatic heterocycles. The van der Waals surface area contributed by atoms with E-state index in [2.05, 4.69) is 24.3 Å². The third-order valence-electron chi connectivity index (χ3n) is 7.34. The maximum Gasteiger partial charge on any atom is 0.282 e. The minimum absolute atomic E-state index is 0.0341. The molecule has 11 heteroatoms. The van der Waals surface area contributed by atoms with Crippen molar-refractivity contribution < 1.29 is 23.4 Å². The van der Waals surface area contributed by atoms with Crippen molar-refractivity contribution >= 4 is 40.3 Å². The van der Waals surface area contributed by atoms with Crippen LogP contribution in [0.2, 0.25) is 5.02 Å². The Balaban J connectivity index is 1.52. The Morgan fingerprint density at radius 2 is 1.81 bits per heavy atom. The van der Waals surface area contributed by atoms with E-state index in [1.807, 2.05) is 25.1 Å². The van der Waals surface area contributed by atoms with Crippen LogP contribution in [0.4, 0.5) is 10.1 Å². The first-order valence-corrected chi connectivity index (χ1v) is 15.4. The van der Waals surface area contributed by atoms with Gasteiger partial charge in [0.15, 0.2) is 23.9 Å². The van der Waals surface area contributed by atoms with Crippen LogP contribution >= 0.6 is 11.6 Å². The number of nitrogens with zero attached hydrogens (tertiary/aromatic N) is 3. The Hall–Kier alpha value is -5.22.